The van der Waals surface area contributed by atoms with Crippen molar-refractivity contribution in [3.05, 3.63) is 0 Å². The van der Waals surface area contributed by atoms with Crippen LogP contribution >= 0.6 is 11.8 Å². The average Bonchev–Trinajstić information content (AvgIpc) is 3.45. The molecule has 3 aliphatic rings. The second-order valence-corrected chi connectivity index (χ2v) is 20.6. The van der Waals surface area contributed by atoms with E-state index in [1.807, 2.05) is 0 Å². The Labute approximate surface area is 251 Å². The highest BCUT2D eigenvalue weighted by molar-refractivity contribution is 8.00. The summed E-state index contributed by atoms with van der Waals surface area (Å²) in [5, 5.41) is 4.51. The molecule has 0 aromatic rings. The van der Waals surface area contributed by atoms with E-state index in [0.29, 0.717) is 45.1 Å². The molecule has 1 N–H and O–H groups in total. The molecule has 0 aromatic carbocycles. The zero-order valence-electron chi connectivity index (χ0n) is 30.0. The van der Waals surface area contributed by atoms with Crippen LogP contribution in [-0.2, 0) is 4.74 Å². The summed E-state index contributed by atoms with van der Waals surface area (Å²) in [4.78, 5) is 0. The van der Waals surface area contributed by atoms with E-state index in [-0.39, 0.29) is 5.41 Å². The van der Waals surface area contributed by atoms with Gasteiger partial charge in [-0.1, -0.05) is 125 Å². The highest BCUT2D eigenvalue weighted by Crippen LogP contribution is 2.50. The van der Waals surface area contributed by atoms with Crippen LogP contribution in [0.5, 0.6) is 0 Å². The molecular weight excluding hydrogens is 494 g/mol. The number of ether oxygens (including phenoxy) is 1. The predicted molar refractivity (Wildman–Crippen MR) is 179 cm³/mol. The highest BCUT2D eigenvalue weighted by Gasteiger charge is 2.44. The summed E-state index contributed by atoms with van der Waals surface area (Å²) in [6, 6.07) is 0.687. The number of hydrogen-bond donors (Lipinski definition) is 1. The quantitative estimate of drug-likeness (QED) is 0.314. The maximum absolute atomic E-state index is 5.86. The smallest absolute Gasteiger partial charge is 0.0657 e. The molecule has 234 valence electrons. The number of thioether (sulfide) groups is 1. The van der Waals surface area contributed by atoms with Crippen molar-refractivity contribution in [2.24, 2.45) is 50.2 Å². The van der Waals surface area contributed by atoms with Crippen LogP contribution in [0.1, 0.15) is 144 Å². The zero-order chi connectivity index (χ0) is 30.8. The third kappa shape index (κ3) is 11.5. The van der Waals surface area contributed by atoms with Gasteiger partial charge in [-0.05, 0) is 81.8 Å². The first-order valence-corrected chi connectivity index (χ1v) is 17.2. The fraction of sp³-hybridized carbons (Fsp3) is 1.00. The van der Waals surface area contributed by atoms with E-state index >= 15 is 0 Å². The lowest BCUT2D eigenvalue weighted by molar-refractivity contribution is -0.0179. The van der Waals surface area contributed by atoms with Crippen LogP contribution in [0.4, 0.5) is 0 Å². The molecule has 3 saturated heterocycles. The van der Waals surface area contributed by atoms with Gasteiger partial charge in [0, 0.05) is 17.9 Å². The van der Waals surface area contributed by atoms with Crippen LogP contribution < -0.4 is 5.32 Å². The number of hydrogen-bond acceptors (Lipinski definition) is 3. The molecule has 6 unspecified atom stereocenters. The SMILES string of the molecule is CC(C)(C)C1CCNC1C(C)(C)C.CC(C)(C)C1CCOC1C(C)(C)C.CC(C)(C)C1CCSC1C(C)(C)C. The van der Waals surface area contributed by atoms with Crippen molar-refractivity contribution < 1.29 is 4.74 Å². The molecule has 3 aliphatic heterocycles. The molecule has 0 amide bonds. The van der Waals surface area contributed by atoms with Gasteiger partial charge in [0.2, 0.25) is 0 Å². The van der Waals surface area contributed by atoms with E-state index in [2.05, 4.69) is 142 Å². The fourth-order valence-corrected chi connectivity index (χ4v) is 9.13. The standard InChI is InChI=1S/C12H25N.C12H24O.C12H24S/c3*1-11(2,3)9-7-8-13-10(9)12(4,5)6/h9-10,13H,7-8H2,1-6H3;2*9-10H,7-8H2,1-6H3. The molecule has 0 bridgehead atoms. The minimum atomic E-state index is 0.286. The van der Waals surface area contributed by atoms with E-state index in [1.54, 1.807) is 0 Å². The first kappa shape index (κ1) is 37.3. The van der Waals surface area contributed by atoms with Crippen molar-refractivity contribution in [1.82, 2.24) is 5.32 Å². The van der Waals surface area contributed by atoms with Gasteiger partial charge in [-0.3, -0.25) is 0 Å². The van der Waals surface area contributed by atoms with Crippen molar-refractivity contribution in [2.45, 2.75) is 161 Å². The first-order valence-electron chi connectivity index (χ1n) is 16.1. The lowest BCUT2D eigenvalue weighted by Crippen LogP contribution is -2.43. The molecule has 0 radical (unpaired) electrons. The maximum atomic E-state index is 5.86. The van der Waals surface area contributed by atoms with Gasteiger partial charge in [0.15, 0.2) is 0 Å². The van der Waals surface area contributed by atoms with Gasteiger partial charge in [0.25, 0.3) is 0 Å². The molecule has 39 heavy (non-hydrogen) atoms. The van der Waals surface area contributed by atoms with Crippen LogP contribution in [0.2, 0.25) is 0 Å². The third-order valence-corrected chi connectivity index (χ3v) is 11.2. The molecule has 3 heteroatoms. The molecule has 0 aromatic heterocycles. The van der Waals surface area contributed by atoms with Gasteiger partial charge < -0.3 is 10.1 Å². The van der Waals surface area contributed by atoms with Crippen LogP contribution in [0, 0.1) is 50.2 Å². The van der Waals surface area contributed by atoms with Crippen LogP contribution in [0.25, 0.3) is 0 Å². The summed E-state index contributed by atoms with van der Waals surface area (Å²) in [5.74, 6) is 3.81. The molecule has 0 saturated carbocycles. The third-order valence-electron chi connectivity index (χ3n) is 9.38. The van der Waals surface area contributed by atoms with Gasteiger partial charge in [0.1, 0.15) is 0 Å². The Balaban J connectivity index is 0.000000292. The molecule has 3 rings (SSSR count). The Hall–Kier alpha value is 0.270. The maximum Gasteiger partial charge on any atom is 0.0657 e. The van der Waals surface area contributed by atoms with E-state index in [1.165, 1.54) is 31.6 Å². The van der Waals surface area contributed by atoms with Gasteiger partial charge in [-0.2, -0.15) is 11.8 Å². The molecular formula is C36H73NOS. The van der Waals surface area contributed by atoms with E-state index in [4.69, 9.17) is 4.74 Å². The van der Waals surface area contributed by atoms with Crippen molar-refractivity contribution in [1.29, 1.82) is 0 Å². The largest absolute Gasteiger partial charge is 0.377 e. The summed E-state index contributed by atoms with van der Waals surface area (Å²) in [5.41, 5.74) is 2.47. The second kappa shape index (κ2) is 13.3. The van der Waals surface area contributed by atoms with Crippen molar-refractivity contribution in [3.8, 4) is 0 Å². The Kier molecular flexibility index (Phi) is 12.7. The normalized spacial score (nSPS) is 30.9. The number of rotatable bonds is 0. The van der Waals surface area contributed by atoms with E-state index in [0.717, 1.165) is 23.7 Å². The molecule has 3 heterocycles. The Morgan fingerprint density at radius 3 is 1.31 bits per heavy atom. The van der Waals surface area contributed by atoms with Crippen molar-refractivity contribution in [3.63, 3.8) is 0 Å². The van der Waals surface area contributed by atoms with Gasteiger partial charge >= 0.3 is 0 Å². The van der Waals surface area contributed by atoms with Crippen LogP contribution in [0.3, 0.4) is 0 Å². The summed E-state index contributed by atoms with van der Waals surface area (Å²) >= 11 is 2.18. The van der Waals surface area contributed by atoms with Crippen LogP contribution in [0.15, 0.2) is 0 Å². The molecule has 0 spiro atoms. The van der Waals surface area contributed by atoms with E-state index in [9.17, 15) is 0 Å². The van der Waals surface area contributed by atoms with Gasteiger partial charge in [-0.15, -0.1) is 0 Å². The Morgan fingerprint density at radius 1 is 0.513 bits per heavy atom. The molecule has 2 nitrogen and oxygen atoms in total. The number of nitrogens with one attached hydrogen (secondary N) is 1. The van der Waals surface area contributed by atoms with E-state index < -0.39 is 0 Å². The molecule has 0 aliphatic carbocycles. The van der Waals surface area contributed by atoms with Gasteiger partial charge in [-0.25, -0.2) is 0 Å². The summed E-state index contributed by atoms with van der Waals surface area (Å²) in [7, 11) is 0. The second-order valence-electron chi connectivity index (χ2n) is 19.4. The van der Waals surface area contributed by atoms with Crippen molar-refractivity contribution in [2.75, 3.05) is 18.9 Å². The minimum absolute atomic E-state index is 0.286. The predicted octanol–water partition coefficient (Wildman–Crippen LogP) is 10.7. The molecule has 6 atom stereocenters. The van der Waals surface area contributed by atoms with Crippen LogP contribution in [-0.4, -0.2) is 36.3 Å². The summed E-state index contributed by atoms with van der Waals surface area (Å²) in [6.07, 6.45) is 4.42. The first-order chi connectivity index (χ1) is 17.2. The van der Waals surface area contributed by atoms with Gasteiger partial charge in [0.05, 0.1) is 6.10 Å². The summed E-state index contributed by atoms with van der Waals surface area (Å²) < 4.78 is 5.86. The fourth-order valence-electron chi connectivity index (χ4n) is 7.21. The summed E-state index contributed by atoms with van der Waals surface area (Å²) in [6.45, 7) is 44.4. The van der Waals surface area contributed by atoms with Crippen molar-refractivity contribution >= 4 is 11.8 Å². The average molecular weight is 568 g/mol. The topological polar surface area (TPSA) is 21.3 Å². The lowest BCUT2D eigenvalue weighted by Gasteiger charge is -2.39. The Morgan fingerprint density at radius 2 is 1.00 bits per heavy atom. The Bertz CT molecular complexity index is 556. The lowest BCUT2D eigenvalue weighted by atomic mass is 9.69. The zero-order valence-corrected chi connectivity index (χ0v) is 30.8. The minimum Gasteiger partial charge on any atom is -0.377 e. The monoisotopic (exact) mass is 568 g/mol. The highest BCUT2D eigenvalue weighted by atomic mass is 32.2. The molecule has 3 fully saturated rings.